The normalized spacial score (nSPS) is 10.3. The summed E-state index contributed by atoms with van der Waals surface area (Å²) in [5.74, 6) is 0.828. The molecule has 0 aromatic carbocycles. The first kappa shape index (κ1) is 12.6. The van der Waals surface area contributed by atoms with E-state index in [-0.39, 0.29) is 0 Å². The molecule has 0 atom stereocenters. The number of hydrogen-bond donors (Lipinski definition) is 2. The molecule has 18 heavy (non-hydrogen) atoms. The molecule has 2 aromatic rings. The maximum Gasteiger partial charge on any atom is 0.171 e. The Balaban J connectivity index is 1.79. The van der Waals surface area contributed by atoms with E-state index in [2.05, 4.69) is 15.7 Å². The third-order valence-electron chi connectivity index (χ3n) is 2.16. The average molecular weight is 266 g/mol. The van der Waals surface area contributed by atoms with Crippen LogP contribution in [0.25, 0.3) is 0 Å². The Morgan fingerprint density at radius 3 is 3.22 bits per heavy atom. The van der Waals surface area contributed by atoms with Gasteiger partial charge in [0.1, 0.15) is 12.5 Å². The zero-order valence-electron chi connectivity index (χ0n) is 9.92. The number of rotatable bonds is 5. The molecule has 0 unspecified atom stereocenters. The predicted octanol–water partition coefficient (Wildman–Crippen LogP) is 1.57. The molecule has 0 amide bonds. The molecule has 0 spiro atoms. The molecule has 6 nitrogen and oxygen atoms in total. The second-order valence-corrected chi connectivity index (χ2v) is 3.98. The van der Waals surface area contributed by atoms with Gasteiger partial charge in [0, 0.05) is 7.11 Å². The van der Waals surface area contributed by atoms with Gasteiger partial charge in [-0.15, -0.1) is 0 Å². The number of methoxy groups -OCH3 is 1. The van der Waals surface area contributed by atoms with Crippen molar-refractivity contribution >= 4 is 23.0 Å². The van der Waals surface area contributed by atoms with E-state index in [1.54, 1.807) is 24.3 Å². The lowest BCUT2D eigenvalue weighted by Crippen LogP contribution is -2.27. The van der Waals surface area contributed by atoms with Crippen molar-refractivity contribution in [1.82, 2.24) is 15.1 Å². The third-order valence-corrected chi connectivity index (χ3v) is 2.40. The highest BCUT2D eigenvalue weighted by molar-refractivity contribution is 7.80. The Bertz CT molecular complexity index is 495. The van der Waals surface area contributed by atoms with Crippen LogP contribution >= 0.6 is 12.2 Å². The standard InChI is InChI=1S/C11H14N4O2S/c1-16-8-15-7-9(5-13-15)14-11(18)12-6-10-3-2-4-17-10/h2-5,7H,6,8H2,1H3,(H2,12,14,18). The first-order valence-corrected chi connectivity index (χ1v) is 5.77. The van der Waals surface area contributed by atoms with E-state index < -0.39 is 0 Å². The van der Waals surface area contributed by atoms with Crippen LogP contribution in [0.4, 0.5) is 5.69 Å². The zero-order chi connectivity index (χ0) is 12.8. The van der Waals surface area contributed by atoms with Gasteiger partial charge in [-0.05, 0) is 24.4 Å². The number of thiocarbonyl (C=S) groups is 1. The molecule has 0 aliphatic heterocycles. The van der Waals surface area contributed by atoms with E-state index in [1.165, 1.54) is 0 Å². The van der Waals surface area contributed by atoms with Crippen LogP contribution in [-0.4, -0.2) is 22.0 Å². The number of hydrogen-bond acceptors (Lipinski definition) is 4. The van der Waals surface area contributed by atoms with Crippen LogP contribution in [0.15, 0.2) is 35.2 Å². The van der Waals surface area contributed by atoms with Crippen LogP contribution in [0.1, 0.15) is 5.76 Å². The van der Waals surface area contributed by atoms with Crippen LogP contribution in [-0.2, 0) is 18.0 Å². The number of ether oxygens (including phenoxy) is 1. The van der Waals surface area contributed by atoms with Crippen molar-refractivity contribution in [3.8, 4) is 0 Å². The Morgan fingerprint density at radius 1 is 1.61 bits per heavy atom. The molecule has 0 saturated carbocycles. The van der Waals surface area contributed by atoms with Gasteiger partial charge in [0.25, 0.3) is 0 Å². The molecule has 0 saturated heterocycles. The van der Waals surface area contributed by atoms with Gasteiger partial charge in [0.05, 0.1) is 30.9 Å². The lowest BCUT2D eigenvalue weighted by Gasteiger charge is -2.07. The summed E-state index contributed by atoms with van der Waals surface area (Å²) in [6.07, 6.45) is 5.12. The highest BCUT2D eigenvalue weighted by Gasteiger charge is 2.02. The second kappa shape index (κ2) is 6.18. The van der Waals surface area contributed by atoms with Gasteiger partial charge in [0.2, 0.25) is 0 Å². The monoisotopic (exact) mass is 266 g/mol. The van der Waals surface area contributed by atoms with Crippen molar-refractivity contribution in [1.29, 1.82) is 0 Å². The Kier molecular flexibility index (Phi) is 4.32. The SMILES string of the molecule is COCn1cc(NC(=S)NCc2ccco2)cn1. The first-order chi connectivity index (χ1) is 8.78. The molecule has 2 aromatic heterocycles. The Hall–Kier alpha value is -1.86. The smallest absolute Gasteiger partial charge is 0.171 e. The number of furan rings is 1. The van der Waals surface area contributed by atoms with Gasteiger partial charge in [-0.3, -0.25) is 0 Å². The lowest BCUT2D eigenvalue weighted by molar-refractivity contribution is 0.120. The minimum Gasteiger partial charge on any atom is -0.467 e. The Labute approximate surface area is 110 Å². The number of nitrogens with zero attached hydrogens (tertiary/aromatic N) is 2. The summed E-state index contributed by atoms with van der Waals surface area (Å²) >= 11 is 5.15. The molecule has 0 aliphatic rings. The lowest BCUT2D eigenvalue weighted by atomic mass is 10.4. The molecular weight excluding hydrogens is 252 g/mol. The van der Waals surface area contributed by atoms with Crippen LogP contribution in [0.3, 0.4) is 0 Å². The Morgan fingerprint density at radius 2 is 2.50 bits per heavy atom. The van der Waals surface area contributed by atoms with Crippen molar-refractivity contribution in [3.63, 3.8) is 0 Å². The van der Waals surface area contributed by atoms with Crippen LogP contribution in [0, 0.1) is 0 Å². The topological polar surface area (TPSA) is 64.2 Å². The summed E-state index contributed by atoms with van der Waals surface area (Å²) in [4.78, 5) is 0. The maximum atomic E-state index is 5.19. The van der Waals surface area contributed by atoms with Gasteiger partial charge in [-0.2, -0.15) is 5.10 Å². The molecule has 2 rings (SSSR count). The molecule has 7 heteroatoms. The minimum absolute atomic E-state index is 0.411. The molecule has 0 fully saturated rings. The van der Waals surface area contributed by atoms with Crippen LogP contribution in [0.5, 0.6) is 0 Å². The first-order valence-electron chi connectivity index (χ1n) is 5.36. The molecule has 0 aliphatic carbocycles. The van der Waals surface area contributed by atoms with Crippen LogP contribution in [0.2, 0.25) is 0 Å². The fourth-order valence-corrected chi connectivity index (χ4v) is 1.58. The van der Waals surface area contributed by atoms with E-state index in [9.17, 15) is 0 Å². The largest absolute Gasteiger partial charge is 0.467 e. The highest BCUT2D eigenvalue weighted by Crippen LogP contribution is 2.05. The van der Waals surface area contributed by atoms with Crippen molar-refractivity contribution in [2.45, 2.75) is 13.3 Å². The molecule has 2 N–H and O–H groups in total. The zero-order valence-corrected chi connectivity index (χ0v) is 10.7. The van der Waals surface area contributed by atoms with E-state index >= 15 is 0 Å². The highest BCUT2D eigenvalue weighted by atomic mass is 32.1. The third kappa shape index (κ3) is 3.57. The summed E-state index contributed by atoms with van der Waals surface area (Å²) in [7, 11) is 1.62. The maximum absolute atomic E-state index is 5.19. The summed E-state index contributed by atoms with van der Waals surface area (Å²) in [5, 5.41) is 10.7. The minimum atomic E-state index is 0.411. The quantitative estimate of drug-likeness (QED) is 0.801. The van der Waals surface area contributed by atoms with Gasteiger partial charge in [-0.25, -0.2) is 4.68 Å². The number of aromatic nitrogens is 2. The average Bonchev–Trinajstić information content (AvgIpc) is 2.99. The fraction of sp³-hybridized carbons (Fsp3) is 0.273. The summed E-state index contributed by atoms with van der Waals surface area (Å²) in [5.41, 5.74) is 0.809. The van der Waals surface area contributed by atoms with Gasteiger partial charge in [0.15, 0.2) is 5.11 Å². The number of nitrogens with one attached hydrogen (secondary N) is 2. The molecule has 96 valence electrons. The second-order valence-electron chi connectivity index (χ2n) is 3.57. The summed E-state index contributed by atoms with van der Waals surface area (Å²) in [6, 6.07) is 3.72. The van der Waals surface area contributed by atoms with Crippen molar-refractivity contribution < 1.29 is 9.15 Å². The summed E-state index contributed by atoms with van der Waals surface area (Å²) < 4.78 is 11.8. The van der Waals surface area contributed by atoms with Crippen LogP contribution < -0.4 is 10.6 Å². The van der Waals surface area contributed by atoms with Gasteiger partial charge in [-0.1, -0.05) is 0 Å². The summed E-state index contributed by atoms with van der Waals surface area (Å²) in [6.45, 7) is 0.958. The molecule has 0 radical (unpaired) electrons. The molecular formula is C11H14N4O2S. The van der Waals surface area contributed by atoms with Crippen molar-refractivity contribution in [2.75, 3.05) is 12.4 Å². The fourth-order valence-electron chi connectivity index (χ4n) is 1.39. The van der Waals surface area contributed by atoms with Crippen molar-refractivity contribution in [3.05, 3.63) is 36.5 Å². The van der Waals surface area contributed by atoms with E-state index in [4.69, 9.17) is 21.4 Å². The van der Waals surface area contributed by atoms with E-state index in [0.29, 0.717) is 18.4 Å². The molecule has 0 bridgehead atoms. The molecule has 2 heterocycles. The predicted molar refractivity (Wildman–Crippen MR) is 71.0 cm³/mol. The number of anilines is 1. The van der Waals surface area contributed by atoms with E-state index in [1.807, 2.05) is 18.3 Å². The van der Waals surface area contributed by atoms with E-state index in [0.717, 1.165) is 11.4 Å². The van der Waals surface area contributed by atoms with Gasteiger partial charge < -0.3 is 19.8 Å². The van der Waals surface area contributed by atoms with Crippen molar-refractivity contribution in [2.24, 2.45) is 0 Å². The van der Waals surface area contributed by atoms with Gasteiger partial charge >= 0.3 is 0 Å².